The normalized spacial score (nSPS) is 11.8. The zero-order chi connectivity index (χ0) is 15.8. The van der Waals surface area contributed by atoms with Crippen LogP contribution < -0.4 is 5.32 Å². The first-order valence-corrected chi connectivity index (χ1v) is 6.91. The lowest BCUT2D eigenvalue weighted by atomic mass is 10.0. The predicted octanol–water partition coefficient (Wildman–Crippen LogP) is 1.50. The first kappa shape index (κ1) is 16.9. The van der Waals surface area contributed by atoms with Gasteiger partial charge in [0.1, 0.15) is 6.04 Å². The molecule has 0 aromatic heterocycles. The monoisotopic (exact) mass is 291 g/mol. The van der Waals surface area contributed by atoms with Crippen molar-refractivity contribution in [2.75, 3.05) is 7.11 Å². The van der Waals surface area contributed by atoms with Crippen LogP contribution in [-0.2, 0) is 25.5 Å². The Morgan fingerprint density at radius 1 is 1.14 bits per heavy atom. The van der Waals surface area contributed by atoms with E-state index in [1.54, 1.807) is 13.8 Å². The Balaban J connectivity index is 2.53. The van der Waals surface area contributed by atoms with Crippen molar-refractivity contribution in [3.8, 4) is 0 Å². The van der Waals surface area contributed by atoms with E-state index in [1.165, 1.54) is 7.11 Å². The third kappa shape index (κ3) is 5.38. The van der Waals surface area contributed by atoms with Gasteiger partial charge in [-0.2, -0.15) is 0 Å². The van der Waals surface area contributed by atoms with Gasteiger partial charge >= 0.3 is 5.97 Å². The van der Waals surface area contributed by atoms with Gasteiger partial charge in [0.25, 0.3) is 5.91 Å². The number of carbonyl (C=O) groups excluding carboxylic acids is 3. The van der Waals surface area contributed by atoms with Gasteiger partial charge in [0.15, 0.2) is 0 Å². The summed E-state index contributed by atoms with van der Waals surface area (Å²) in [6.45, 7) is 3.55. The Labute approximate surface area is 124 Å². The van der Waals surface area contributed by atoms with Crippen molar-refractivity contribution in [1.82, 2.24) is 5.32 Å². The largest absolute Gasteiger partial charge is 0.467 e. The molecule has 0 aliphatic heterocycles. The number of benzene rings is 1. The molecule has 5 nitrogen and oxygen atoms in total. The van der Waals surface area contributed by atoms with Crippen LogP contribution in [0.2, 0.25) is 0 Å². The number of ketones is 1. The lowest BCUT2D eigenvalue weighted by Gasteiger charge is -2.19. The Hall–Kier alpha value is -2.17. The van der Waals surface area contributed by atoms with Crippen LogP contribution in [0.15, 0.2) is 30.3 Å². The average Bonchev–Trinajstić information content (AvgIpc) is 2.49. The summed E-state index contributed by atoms with van der Waals surface area (Å²) in [5, 5.41) is 2.44. The molecule has 1 atom stereocenters. The van der Waals surface area contributed by atoms with E-state index in [1.807, 2.05) is 30.3 Å². The van der Waals surface area contributed by atoms with Gasteiger partial charge in [-0.05, 0) is 17.9 Å². The summed E-state index contributed by atoms with van der Waals surface area (Å²) in [5.41, 5.74) is 0.993. The Morgan fingerprint density at radius 2 is 1.76 bits per heavy atom. The molecule has 0 saturated carbocycles. The Morgan fingerprint density at radius 3 is 2.29 bits per heavy atom. The summed E-state index contributed by atoms with van der Waals surface area (Å²) in [6.07, 6.45) is 0.611. The first-order chi connectivity index (χ1) is 9.95. The molecule has 1 aromatic rings. The number of nitrogens with one attached hydrogen (secondary N) is 1. The lowest BCUT2D eigenvalue weighted by molar-refractivity contribution is -0.147. The maximum atomic E-state index is 11.8. The summed E-state index contributed by atoms with van der Waals surface area (Å²) >= 11 is 0. The molecule has 1 amide bonds. The summed E-state index contributed by atoms with van der Waals surface area (Å²) in [7, 11) is 1.25. The second-order valence-corrected chi connectivity index (χ2v) is 5.13. The molecule has 0 spiro atoms. The van der Waals surface area contributed by atoms with Crippen molar-refractivity contribution < 1.29 is 19.1 Å². The first-order valence-electron chi connectivity index (χ1n) is 6.91. The fraction of sp³-hybridized carbons (Fsp3) is 0.438. The van der Waals surface area contributed by atoms with E-state index in [-0.39, 0.29) is 12.3 Å². The molecule has 0 radical (unpaired) electrons. The maximum absolute atomic E-state index is 11.8. The van der Waals surface area contributed by atoms with E-state index >= 15 is 0 Å². The quantitative estimate of drug-likeness (QED) is 0.610. The molecule has 0 heterocycles. The van der Waals surface area contributed by atoms with Crippen LogP contribution >= 0.6 is 0 Å². The third-order valence-electron chi connectivity index (χ3n) is 3.15. The van der Waals surface area contributed by atoms with Gasteiger partial charge in [-0.1, -0.05) is 44.2 Å². The molecule has 0 saturated heterocycles. The van der Waals surface area contributed by atoms with Crippen LogP contribution in [0.1, 0.15) is 25.8 Å². The minimum atomic E-state index is -0.803. The fourth-order valence-electron chi connectivity index (χ4n) is 1.86. The number of ether oxygens (including phenoxy) is 1. The van der Waals surface area contributed by atoms with Crippen molar-refractivity contribution >= 4 is 17.7 Å². The number of methoxy groups -OCH3 is 1. The van der Waals surface area contributed by atoms with E-state index in [9.17, 15) is 14.4 Å². The number of rotatable bonds is 7. The molecule has 0 aliphatic carbocycles. The zero-order valence-electron chi connectivity index (χ0n) is 12.6. The molecule has 0 bridgehead atoms. The summed E-state index contributed by atoms with van der Waals surface area (Å²) in [5.74, 6) is -1.97. The second-order valence-electron chi connectivity index (χ2n) is 5.13. The maximum Gasteiger partial charge on any atom is 0.328 e. The van der Waals surface area contributed by atoms with Crippen molar-refractivity contribution in [1.29, 1.82) is 0 Å². The molecular weight excluding hydrogens is 270 g/mol. The molecule has 21 heavy (non-hydrogen) atoms. The van der Waals surface area contributed by atoms with Gasteiger partial charge in [-0.3, -0.25) is 9.59 Å². The lowest BCUT2D eigenvalue weighted by Crippen LogP contribution is -2.47. The molecule has 1 unspecified atom stereocenters. The van der Waals surface area contributed by atoms with Crippen LogP contribution in [0.3, 0.4) is 0 Å². The van der Waals surface area contributed by atoms with Crippen molar-refractivity contribution in [3.63, 3.8) is 0 Å². The highest BCUT2D eigenvalue weighted by Gasteiger charge is 2.27. The van der Waals surface area contributed by atoms with E-state index in [4.69, 9.17) is 0 Å². The van der Waals surface area contributed by atoms with Gasteiger partial charge in [-0.15, -0.1) is 0 Å². The highest BCUT2D eigenvalue weighted by atomic mass is 16.5. The van der Waals surface area contributed by atoms with Crippen molar-refractivity contribution in [3.05, 3.63) is 35.9 Å². The number of amides is 1. The summed E-state index contributed by atoms with van der Waals surface area (Å²) in [4.78, 5) is 35.2. The summed E-state index contributed by atoms with van der Waals surface area (Å²) in [6, 6.07) is 8.65. The number of carbonyl (C=O) groups is 3. The minimum absolute atomic E-state index is 0.113. The van der Waals surface area contributed by atoms with E-state index < -0.39 is 23.7 Å². The van der Waals surface area contributed by atoms with Gasteiger partial charge in [0.05, 0.1) is 7.11 Å². The van der Waals surface area contributed by atoms with Gasteiger partial charge in [0.2, 0.25) is 5.78 Å². The molecular formula is C16H21NO4. The summed E-state index contributed by atoms with van der Waals surface area (Å²) < 4.78 is 4.62. The number of hydrogen-bond acceptors (Lipinski definition) is 4. The van der Waals surface area contributed by atoms with Crippen LogP contribution in [0, 0.1) is 5.92 Å². The SMILES string of the molecule is COC(=O)C(NC(=O)C(=O)CCc1ccccc1)C(C)C. The van der Waals surface area contributed by atoms with Crippen LogP contribution in [-0.4, -0.2) is 30.8 Å². The van der Waals surface area contributed by atoms with E-state index in [2.05, 4.69) is 10.1 Å². The average molecular weight is 291 g/mol. The second kappa shape index (κ2) is 8.19. The topological polar surface area (TPSA) is 72.5 Å². The van der Waals surface area contributed by atoms with E-state index in [0.29, 0.717) is 6.42 Å². The van der Waals surface area contributed by atoms with Crippen LogP contribution in [0.5, 0.6) is 0 Å². The molecule has 1 rings (SSSR count). The molecule has 5 heteroatoms. The van der Waals surface area contributed by atoms with Gasteiger partial charge in [0, 0.05) is 6.42 Å². The van der Waals surface area contributed by atoms with Crippen LogP contribution in [0.4, 0.5) is 0 Å². The Kier molecular flexibility index (Phi) is 6.59. The highest BCUT2D eigenvalue weighted by molar-refractivity contribution is 6.36. The van der Waals surface area contributed by atoms with Crippen molar-refractivity contribution in [2.45, 2.75) is 32.7 Å². The highest BCUT2D eigenvalue weighted by Crippen LogP contribution is 2.06. The zero-order valence-corrected chi connectivity index (χ0v) is 12.6. The number of Topliss-reactive ketones (excluding diaryl/α,β-unsaturated/α-hetero) is 1. The van der Waals surface area contributed by atoms with Gasteiger partial charge < -0.3 is 10.1 Å². The molecule has 0 aliphatic rings. The van der Waals surface area contributed by atoms with Gasteiger partial charge in [-0.25, -0.2) is 4.79 Å². The third-order valence-corrected chi connectivity index (χ3v) is 3.15. The van der Waals surface area contributed by atoms with Crippen molar-refractivity contribution in [2.24, 2.45) is 5.92 Å². The smallest absolute Gasteiger partial charge is 0.328 e. The molecule has 1 N–H and O–H groups in total. The predicted molar refractivity (Wildman–Crippen MR) is 78.6 cm³/mol. The number of aryl methyl sites for hydroxylation is 1. The number of esters is 1. The molecule has 114 valence electrons. The fourth-order valence-corrected chi connectivity index (χ4v) is 1.86. The minimum Gasteiger partial charge on any atom is -0.467 e. The molecule has 1 aromatic carbocycles. The Bertz CT molecular complexity index is 496. The number of hydrogen-bond donors (Lipinski definition) is 1. The van der Waals surface area contributed by atoms with Crippen LogP contribution in [0.25, 0.3) is 0 Å². The van der Waals surface area contributed by atoms with E-state index in [0.717, 1.165) is 5.56 Å². The molecule has 0 fully saturated rings. The standard InChI is InChI=1S/C16H21NO4/c1-11(2)14(16(20)21-3)17-15(19)13(18)10-9-12-7-5-4-6-8-12/h4-8,11,14H,9-10H2,1-3H3,(H,17,19).